The SMILES string of the molecule is Cc1ccc(/C=N\NC(=O)c2ccccc2OCc2ccc(Cl)cc2Cl)cc1[N+](=O)[O-]. The van der Waals surface area contributed by atoms with Crippen LogP contribution in [-0.4, -0.2) is 17.0 Å². The number of carbonyl (C=O) groups excluding carboxylic acids is 1. The normalized spacial score (nSPS) is 10.8. The number of nitro benzene ring substituents is 1. The summed E-state index contributed by atoms with van der Waals surface area (Å²) in [6.45, 7) is 1.80. The monoisotopic (exact) mass is 457 g/mol. The van der Waals surface area contributed by atoms with Gasteiger partial charge in [0.25, 0.3) is 11.6 Å². The maximum atomic E-state index is 12.6. The van der Waals surface area contributed by atoms with Gasteiger partial charge in [-0.05, 0) is 31.2 Å². The molecule has 1 amide bonds. The van der Waals surface area contributed by atoms with Crippen LogP contribution < -0.4 is 10.2 Å². The lowest BCUT2D eigenvalue weighted by Gasteiger charge is -2.11. The molecule has 7 nitrogen and oxygen atoms in total. The van der Waals surface area contributed by atoms with Gasteiger partial charge < -0.3 is 4.74 Å². The van der Waals surface area contributed by atoms with E-state index in [1.54, 1.807) is 61.5 Å². The largest absolute Gasteiger partial charge is 0.488 e. The Morgan fingerprint density at radius 1 is 1.16 bits per heavy atom. The van der Waals surface area contributed by atoms with E-state index in [0.29, 0.717) is 26.9 Å². The molecule has 0 saturated heterocycles. The molecule has 3 aromatic carbocycles. The maximum absolute atomic E-state index is 12.6. The fourth-order valence-electron chi connectivity index (χ4n) is 2.70. The average Bonchev–Trinajstić information content (AvgIpc) is 2.74. The number of para-hydroxylation sites is 1. The Balaban J connectivity index is 1.69. The van der Waals surface area contributed by atoms with E-state index in [4.69, 9.17) is 27.9 Å². The van der Waals surface area contributed by atoms with Gasteiger partial charge in [0.1, 0.15) is 12.4 Å². The fraction of sp³-hybridized carbons (Fsp3) is 0.0909. The zero-order chi connectivity index (χ0) is 22.4. The third kappa shape index (κ3) is 5.81. The third-order valence-electron chi connectivity index (χ3n) is 4.34. The van der Waals surface area contributed by atoms with Crippen molar-refractivity contribution in [3.63, 3.8) is 0 Å². The highest BCUT2D eigenvalue weighted by atomic mass is 35.5. The van der Waals surface area contributed by atoms with Crippen LogP contribution in [0.3, 0.4) is 0 Å². The lowest BCUT2D eigenvalue weighted by molar-refractivity contribution is -0.385. The lowest BCUT2D eigenvalue weighted by Crippen LogP contribution is -2.18. The van der Waals surface area contributed by atoms with Crippen molar-refractivity contribution in [3.05, 3.63) is 103 Å². The summed E-state index contributed by atoms with van der Waals surface area (Å²) in [4.78, 5) is 23.1. The Morgan fingerprint density at radius 2 is 1.94 bits per heavy atom. The second-order valence-electron chi connectivity index (χ2n) is 6.52. The van der Waals surface area contributed by atoms with Gasteiger partial charge in [-0.3, -0.25) is 14.9 Å². The van der Waals surface area contributed by atoms with Crippen LogP contribution in [0.1, 0.15) is 27.0 Å². The Bertz CT molecular complexity index is 1170. The van der Waals surface area contributed by atoms with Crippen molar-refractivity contribution < 1.29 is 14.5 Å². The van der Waals surface area contributed by atoms with Crippen LogP contribution in [0.5, 0.6) is 5.75 Å². The van der Waals surface area contributed by atoms with Gasteiger partial charge in [-0.15, -0.1) is 0 Å². The summed E-state index contributed by atoms with van der Waals surface area (Å²) in [7, 11) is 0. The fourth-order valence-corrected chi connectivity index (χ4v) is 3.17. The molecule has 0 aliphatic rings. The molecule has 3 aromatic rings. The minimum Gasteiger partial charge on any atom is -0.488 e. The molecule has 0 aliphatic heterocycles. The van der Waals surface area contributed by atoms with Crippen LogP contribution in [0.4, 0.5) is 5.69 Å². The number of hydrogen-bond donors (Lipinski definition) is 1. The summed E-state index contributed by atoms with van der Waals surface area (Å²) in [6.07, 6.45) is 1.33. The number of nitro groups is 1. The number of rotatable bonds is 7. The van der Waals surface area contributed by atoms with Crippen LogP contribution in [0.2, 0.25) is 10.0 Å². The number of amides is 1. The average molecular weight is 458 g/mol. The van der Waals surface area contributed by atoms with Crippen molar-refractivity contribution in [2.45, 2.75) is 13.5 Å². The predicted molar refractivity (Wildman–Crippen MR) is 120 cm³/mol. The van der Waals surface area contributed by atoms with Gasteiger partial charge in [0.15, 0.2) is 0 Å². The van der Waals surface area contributed by atoms with Gasteiger partial charge in [0.2, 0.25) is 0 Å². The van der Waals surface area contributed by atoms with Gasteiger partial charge >= 0.3 is 0 Å². The molecule has 0 aromatic heterocycles. The van der Waals surface area contributed by atoms with Gasteiger partial charge in [-0.1, -0.05) is 53.5 Å². The topological polar surface area (TPSA) is 93.8 Å². The minimum atomic E-state index is -0.490. The second kappa shape index (κ2) is 10.1. The summed E-state index contributed by atoms with van der Waals surface area (Å²) in [5, 5.41) is 15.9. The highest BCUT2D eigenvalue weighted by Gasteiger charge is 2.13. The van der Waals surface area contributed by atoms with Crippen LogP contribution in [0.15, 0.2) is 65.8 Å². The van der Waals surface area contributed by atoms with Crippen molar-refractivity contribution in [3.8, 4) is 5.75 Å². The van der Waals surface area contributed by atoms with E-state index in [0.717, 1.165) is 5.56 Å². The first-order chi connectivity index (χ1) is 14.8. The molecule has 1 N–H and O–H groups in total. The summed E-state index contributed by atoms with van der Waals surface area (Å²) in [6, 6.07) is 16.4. The van der Waals surface area contributed by atoms with Crippen LogP contribution in [0.25, 0.3) is 0 Å². The summed E-state index contributed by atoms with van der Waals surface area (Å²) < 4.78 is 5.77. The van der Waals surface area contributed by atoms with Crippen LogP contribution in [0, 0.1) is 17.0 Å². The van der Waals surface area contributed by atoms with E-state index < -0.39 is 10.8 Å². The van der Waals surface area contributed by atoms with Crippen molar-refractivity contribution in [2.75, 3.05) is 0 Å². The highest BCUT2D eigenvalue weighted by Crippen LogP contribution is 2.24. The standard InChI is InChI=1S/C22H17Cl2N3O4/c1-14-6-7-15(10-20(14)27(29)30)12-25-26-22(28)18-4-2-3-5-21(18)31-13-16-8-9-17(23)11-19(16)24/h2-12H,13H2,1H3,(H,26,28)/b25-12-. The number of halogens is 2. The minimum absolute atomic E-state index is 0.0186. The molecular weight excluding hydrogens is 441 g/mol. The quantitative estimate of drug-likeness (QED) is 0.285. The highest BCUT2D eigenvalue weighted by molar-refractivity contribution is 6.35. The predicted octanol–water partition coefficient (Wildman–Crippen LogP) is 5.55. The molecule has 0 spiro atoms. The van der Waals surface area contributed by atoms with Crippen LogP contribution >= 0.6 is 23.2 Å². The molecule has 0 bridgehead atoms. The first-order valence-corrected chi connectivity index (χ1v) is 9.85. The van der Waals surface area contributed by atoms with E-state index in [9.17, 15) is 14.9 Å². The molecule has 0 atom stereocenters. The van der Waals surface area contributed by atoms with E-state index in [2.05, 4.69) is 10.5 Å². The van der Waals surface area contributed by atoms with Gasteiger partial charge in [-0.2, -0.15) is 5.10 Å². The zero-order valence-electron chi connectivity index (χ0n) is 16.3. The molecule has 0 radical (unpaired) electrons. The Morgan fingerprint density at radius 3 is 2.68 bits per heavy atom. The Labute approximate surface area is 188 Å². The summed E-state index contributed by atoms with van der Waals surface area (Å²) in [5.74, 6) is -0.136. The summed E-state index contributed by atoms with van der Waals surface area (Å²) in [5.41, 5.74) is 4.41. The molecule has 9 heteroatoms. The molecular formula is C22H17Cl2N3O4. The number of nitrogens with one attached hydrogen (secondary N) is 1. The number of benzene rings is 3. The molecule has 0 saturated carbocycles. The first-order valence-electron chi connectivity index (χ1n) is 9.09. The van der Waals surface area contributed by atoms with Gasteiger partial charge in [0.05, 0.1) is 16.7 Å². The van der Waals surface area contributed by atoms with E-state index in [1.165, 1.54) is 12.3 Å². The number of nitrogens with zero attached hydrogens (tertiary/aromatic N) is 2. The summed E-state index contributed by atoms with van der Waals surface area (Å²) >= 11 is 12.1. The number of aryl methyl sites for hydroxylation is 1. The lowest BCUT2D eigenvalue weighted by atomic mass is 10.1. The Kier molecular flexibility index (Phi) is 7.23. The molecule has 158 valence electrons. The van der Waals surface area contributed by atoms with Gasteiger partial charge in [-0.25, -0.2) is 5.43 Å². The van der Waals surface area contributed by atoms with E-state index >= 15 is 0 Å². The van der Waals surface area contributed by atoms with Crippen molar-refractivity contribution >= 4 is 41.0 Å². The second-order valence-corrected chi connectivity index (χ2v) is 7.37. The number of carbonyl (C=O) groups is 1. The molecule has 0 heterocycles. The number of hydrazone groups is 1. The zero-order valence-corrected chi connectivity index (χ0v) is 17.9. The molecule has 0 aliphatic carbocycles. The van der Waals surface area contributed by atoms with Gasteiger partial charge in [0, 0.05) is 32.8 Å². The molecule has 3 rings (SSSR count). The number of ether oxygens (including phenoxy) is 1. The van der Waals surface area contributed by atoms with E-state index in [-0.39, 0.29) is 17.9 Å². The molecule has 31 heavy (non-hydrogen) atoms. The molecule has 0 unspecified atom stereocenters. The first kappa shape index (κ1) is 22.3. The van der Waals surface area contributed by atoms with Crippen molar-refractivity contribution in [2.24, 2.45) is 5.10 Å². The van der Waals surface area contributed by atoms with Crippen LogP contribution in [-0.2, 0) is 6.61 Å². The maximum Gasteiger partial charge on any atom is 0.275 e. The smallest absolute Gasteiger partial charge is 0.275 e. The Hall–Kier alpha value is -3.42. The molecule has 0 fully saturated rings. The third-order valence-corrected chi connectivity index (χ3v) is 4.93. The van der Waals surface area contributed by atoms with Crippen molar-refractivity contribution in [1.82, 2.24) is 5.43 Å². The van der Waals surface area contributed by atoms with E-state index in [1.807, 2.05) is 0 Å². The number of hydrogen-bond acceptors (Lipinski definition) is 5. The van der Waals surface area contributed by atoms with Crippen molar-refractivity contribution in [1.29, 1.82) is 0 Å².